The van der Waals surface area contributed by atoms with Crippen molar-refractivity contribution in [2.75, 3.05) is 5.32 Å². The zero-order valence-electron chi connectivity index (χ0n) is 8.92. The molecule has 1 aromatic heterocycles. The molecule has 0 saturated heterocycles. The zero-order chi connectivity index (χ0) is 12.3. The fourth-order valence-electron chi connectivity index (χ4n) is 1.34. The third kappa shape index (κ3) is 3.05. The van der Waals surface area contributed by atoms with Crippen molar-refractivity contribution in [2.24, 2.45) is 5.14 Å². The summed E-state index contributed by atoms with van der Waals surface area (Å²) in [6.07, 6.45) is 3.40. The number of sulfonamides is 1. The molecule has 2 rings (SSSR count). The number of anilines is 1. The smallest absolute Gasteiger partial charge is 0.238 e. The number of H-pyrrole nitrogens is 1. The van der Waals surface area contributed by atoms with Crippen LogP contribution in [0, 0.1) is 0 Å². The standard InChI is InChI=1S/C10H12N4O2S/c11-17(15,16)9-3-1-8(2-4-9)14-7-10-12-5-6-13-10/h1-6,14H,7H2,(H,12,13)(H2,11,15,16). The minimum atomic E-state index is -3.62. The van der Waals surface area contributed by atoms with Crippen molar-refractivity contribution >= 4 is 15.7 Å². The summed E-state index contributed by atoms with van der Waals surface area (Å²) in [4.78, 5) is 7.11. The van der Waals surface area contributed by atoms with Gasteiger partial charge in [0.05, 0.1) is 11.4 Å². The summed E-state index contributed by atoms with van der Waals surface area (Å²) in [5.41, 5.74) is 0.800. The van der Waals surface area contributed by atoms with E-state index in [9.17, 15) is 8.42 Å². The van der Waals surface area contributed by atoms with Crippen LogP contribution in [0.2, 0.25) is 0 Å². The van der Waals surface area contributed by atoms with E-state index >= 15 is 0 Å². The van der Waals surface area contributed by atoms with Gasteiger partial charge in [-0.3, -0.25) is 0 Å². The SMILES string of the molecule is NS(=O)(=O)c1ccc(NCc2ncc[nH]2)cc1. The maximum Gasteiger partial charge on any atom is 0.238 e. The van der Waals surface area contributed by atoms with Crippen molar-refractivity contribution in [2.45, 2.75) is 11.4 Å². The fourth-order valence-corrected chi connectivity index (χ4v) is 1.86. The highest BCUT2D eigenvalue weighted by Crippen LogP contribution is 2.13. The number of benzene rings is 1. The number of hydrogen-bond acceptors (Lipinski definition) is 4. The Kier molecular flexibility index (Phi) is 3.12. The first-order valence-corrected chi connectivity index (χ1v) is 6.45. The van der Waals surface area contributed by atoms with Crippen LogP contribution >= 0.6 is 0 Å². The summed E-state index contributed by atoms with van der Waals surface area (Å²) in [5, 5.41) is 8.09. The fraction of sp³-hybridized carbons (Fsp3) is 0.100. The number of imidazole rings is 1. The highest BCUT2D eigenvalue weighted by molar-refractivity contribution is 7.89. The molecule has 1 heterocycles. The first kappa shape index (κ1) is 11.6. The molecule has 0 bridgehead atoms. The molecule has 4 N–H and O–H groups in total. The molecule has 0 aliphatic rings. The number of nitrogens with two attached hydrogens (primary N) is 1. The summed E-state index contributed by atoms with van der Waals surface area (Å²) in [6.45, 7) is 0.543. The number of rotatable bonds is 4. The number of nitrogens with one attached hydrogen (secondary N) is 2. The molecule has 0 unspecified atom stereocenters. The van der Waals surface area contributed by atoms with Gasteiger partial charge in [-0.1, -0.05) is 0 Å². The van der Waals surface area contributed by atoms with E-state index in [1.807, 2.05) is 0 Å². The Hall–Kier alpha value is -1.86. The maximum absolute atomic E-state index is 11.0. The molecule has 90 valence electrons. The second-order valence-electron chi connectivity index (χ2n) is 3.46. The second kappa shape index (κ2) is 4.56. The molecule has 0 saturated carbocycles. The van der Waals surface area contributed by atoms with E-state index in [0.717, 1.165) is 11.5 Å². The van der Waals surface area contributed by atoms with Gasteiger partial charge >= 0.3 is 0 Å². The monoisotopic (exact) mass is 252 g/mol. The molecule has 7 heteroatoms. The van der Waals surface area contributed by atoms with Crippen LogP contribution in [0.3, 0.4) is 0 Å². The Morgan fingerprint density at radius 1 is 1.29 bits per heavy atom. The van der Waals surface area contributed by atoms with Crippen LogP contribution in [-0.4, -0.2) is 18.4 Å². The predicted octanol–water partition coefficient (Wildman–Crippen LogP) is 0.669. The van der Waals surface area contributed by atoms with Gasteiger partial charge < -0.3 is 10.3 Å². The van der Waals surface area contributed by atoms with Crippen LogP contribution in [-0.2, 0) is 16.6 Å². The summed E-state index contributed by atoms with van der Waals surface area (Å²) in [5.74, 6) is 0.806. The average Bonchev–Trinajstić information content (AvgIpc) is 2.78. The molecule has 17 heavy (non-hydrogen) atoms. The Balaban J connectivity index is 2.04. The highest BCUT2D eigenvalue weighted by atomic mass is 32.2. The summed E-state index contributed by atoms with van der Waals surface area (Å²) in [6, 6.07) is 6.23. The topological polar surface area (TPSA) is 101 Å². The van der Waals surface area contributed by atoms with Crippen molar-refractivity contribution in [3.05, 3.63) is 42.5 Å². The van der Waals surface area contributed by atoms with Crippen LogP contribution in [0.25, 0.3) is 0 Å². The number of nitrogens with zero attached hydrogens (tertiary/aromatic N) is 1. The van der Waals surface area contributed by atoms with E-state index in [1.165, 1.54) is 12.1 Å². The van der Waals surface area contributed by atoms with Gasteiger partial charge in [0.15, 0.2) is 0 Å². The molecule has 0 aliphatic heterocycles. The molecule has 0 atom stereocenters. The van der Waals surface area contributed by atoms with Crippen LogP contribution in [0.4, 0.5) is 5.69 Å². The normalized spacial score (nSPS) is 11.4. The first-order chi connectivity index (χ1) is 8.05. The average molecular weight is 252 g/mol. The molecule has 0 radical (unpaired) electrons. The number of aromatic nitrogens is 2. The molecule has 6 nitrogen and oxygen atoms in total. The third-order valence-corrected chi connectivity index (χ3v) is 3.13. The molecular formula is C10H12N4O2S. The van der Waals surface area contributed by atoms with Crippen LogP contribution in [0.15, 0.2) is 41.6 Å². The molecule has 0 fully saturated rings. The van der Waals surface area contributed by atoms with Crippen molar-refractivity contribution in [1.29, 1.82) is 0 Å². The lowest BCUT2D eigenvalue weighted by Crippen LogP contribution is -2.12. The third-order valence-electron chi connectivity index (χ3n) is 2.20. The van der Waals surface area contributed by atoms with Gasteiger partial charge in [0.25, 0.3) is 0 Å². The molecule has 0 spiro atoms. The van der Waals surface area contributed by atoms with Crippen LogP contribution in [0.5, 0.6) is 0 Å². The van der Waals surface area contributed by atoms with Crippen LogP contribution < -0.4 is 10.5 Å². The van der Waals surface area contributed by atoms with Crippen molar-refractivity contribution in [3.8, 4) is 0 Å². The summed E-state index contributed by atoms with van der Waals surface area (Å²) < 4.78 is 22.1. The number of aromatic amines is 1. The van der Waals surface area contributed by atoms with E-state index < -0.39 is 10.0 Å². The molecule has 0 aliphatic carbocycles. The van der Waals surface area contributed by atoms with Gasteiger partial charge in [-0.15, -0.1) is 0 Å². The molecule has 0 amide bonds. The quantitative estimate of drug-likeness (QED) is 0.744. The van der Waals surface area contributed by atoms with E-state index in [4.69, 9.17) is 5.14 Å². The number of primary sulfonamides is 1. The van der Waals surface area contributed by atoms with Crippen molar-refractivity contribution < 1.29 is 8.42 Å². The lowest BCUT2D eigenvalue weighted by atomic mass is 10.3. The zero-order valence-corrected chi connectivity index (χ0v) is 9.74. The highest BCUT2D eigenvalue weighted by Gasteiger charge is 2.06. The second-order valence-corrected chi connectivity index (χ2v) is 5.02. The lowest BCUT2D eigenvalue weighted by Gasteiger charge is -2.05. The van der Waals surface area contributed by atoms with Gasteiger partial charge in [0, 0.05) is 18.1 Å². The van der Waals surface area contributed by atoms with Gasteiger partial charge in [0.1, 0.15) is 5.82 Å². The minimum absolute atomic E-state index is 0.0982. The van der Waals surface area contributed by atoms with Crippen LogP contribution in [0.1, 0.15) is 5.82 Å². The lowest BCUT2D eigenvalue weighted by molar-refractivity contribution is 0.598. The van der Waals surface area contributed by atoms with E-state index in [1.54, 1.807) is 24.5 Å². The largest absolute Gasteiger partial charge is 0.378 e. The Labute approximate surface area is 98.9 Å². The number of hydrogen-bond donors (Lipinski definition) is 3. The summed E-state index contributed by atoms with van der Waals surface area (Å²) in [7, 11) is -3.62. The van der Waals surface area contributed by atoms with E-state index in [2.05, 4.69) is 15.3 Å². The van der Waals surface area contributed by atoms with Gasteiger partial charge in [-0.2, -0.15) is 0 Å². The Bertz CT molecular complexity index is 575. The Morgan fingerprint density at radius 2 is 2.00 bits per heavy atom. The first-order valence-electron chi connectivity index (χ1n) is 4.91. The molecule has 1 aromatic carbocycles. The van der Waals surface area contributed by atoms with Crippen molar-refractivity contribution in [3.63, 3.8) is 0 Å². The van der Waals surface area contributed by atoms with E-state index in [0.29, 0.717) is 6.54 Å². The Morgan fingerprint density at radius 3 is 2.53 bits per heavy atom. The predicted molar refractivity (Wildman–Crippen MR) is 63.7 cm³/mol. The maximum atomic E-state index is 11.0. The van der Waals surface area contributed by atoms with Gasteiger partial charge in [0.2, 0.25) is 10.0 Å². The molecular weight excluding hydrogens is 240 g/mol. The van der Waals surface area contributed by atoms with Gasteiger partial charge in [-0.25, -0.2) is 18.5 Å². The van der Waals surface area contributed by atoms with Gasteiger partial charge in [-0.05, 0) is 24.3 Å². The minimum Gasteiger partial charge on any atom is -0.378 e. The van der Waals surface area contributed by atoms with Crippen molar-refractivity contribution in [1.82, 2.24) is 9.97 Å². The summed E-state index contributed by atoms with van der Waals surface area (Å²) >= 11 is 0. The molecule has 2 aromatic rings. The van der Waals surface area contributed by atoms with E-state index in [-0.39, 0.29) is 4.90 Å².